The molecule has 0 N–H and O–H groups in total. The third kappa shape index (κ3) is 2.99. The van der Waals surface area contributed by atoms with E-state index in [4.69, 9.17) is 11.8 Å². The largest absolute Gasteiger partial charge is 0.302 e. The van der Waals surface area contributed by atoms with Crippen molar-refractivity contribution in [3.8, 4) is 0 Å². The second-order valence-electron chi connectivity index (χ2n) is 3.15. The molecule has 70 valence electrons. The van der Waals surface area contributed by atoms with E-state index in [1.165, 1.54) is 24.2 Å². The number of hydrogen-bond acceptors (Lipinski definition) is 2. The highest BCUT2D eigenvalue weighted by Crippen LogP contribution is 2.07. The minimum absolute atomic E-state index is 0.0733. The summed E-state index contributed by atoms with van der Waals surface area (Å²) in [5, 5.41) is 0. The Morgan fingerprint density at radius 2 is 2.08 bits per heavy atom. The average molecular weight is 191 g/mol. The Kier molecular flexibility index (Phi) is 3.82. The van der Waals surface area contributed by atoms with Gasteiger partial charge in [-0.3, -0.25) is 9.21 Å². The number of rotatable bonds is 3. The summed E-state index contributed by atoms with van der Waals surface area (Å²) in [5.41, 5.74) is 0. The maximum Gasteiger partial charge on any atom is 0.233 e. The fraction of sp³-hybridized carbons (Fsp3) is 0.875. The van der Waals surface area contributed by atoms with Crippen LogP contribution in [0.2, 0.25) is 0 Å². The molecular formula is C8H15ClN2O. The smallest absolute Gasteiger partial charge is 0.233 e. The van der Waals surface area contributed by atoms with Gasteiger partial charge in [0.15, 0.2) is 0 Å². The molecule has 0 aromatic carbocycles. The first kappa shape index (κ1) is 9.81. The first-order valence-corrected chi connectivity index (χ1v) is 4.70. The van der Waals surface area contributed by atoms with Crippen LogP contribution in [0.3, 0.4) is 0 Å². The second kappa shape index (κ2) is 4.67. The minimum atomic E-state index is -0.0733. The summed E-state index contributed by atoms with van der Waals surface area (Å²) in [6.45, 7) is 5.34. The van der Waals surface area contributed by atoms with E-state index in [0.717, 1.165) is 19.6 Å². The van der Waals surface area contributed by atoms with E-state index in [-0.39, 0.29) is 5.91 Å². The molecule has 1 rings (SSSR count). The van der Waals surface area contributed by atoms with Crippen LogP contribution in [-0.2, 0) is 4.79 Å². The molecule has 4 heteroatoms. The summed E-state index contributed by atoms with van der Waals surface area (Å²) in [6, 6.07) is 0. The van der Waals surface area contributed by atoms with Gasteiger partial charge >= 0.3 is 0 Å². The zero-order chi connectivity index (χ0) is 8.97. The molecule has 1 heterocycles. The van der Waals surface area contributed by atoms with Crippen LogP contribution in [-0.4, -0.2) is 41.4 Å². The van der Waals surface area contributed by atoms with E-state index in [0.29, 0.717) is 6.54 Å². The van der Waals surface area contributed by atoms with Crippen molar-refractivity contribution in [2.45, 2.75) is 19.8 Å². The molecule has 3 nitrogen and oxygen atoms in total. The van der Waals surface area contributed by atoms with Crippen molar-refractivity contribution < 1.29 is 4.79 Å². The molecule has 1 aliphatic heterocycles. The lowest BCUT2D eigenvalue weighted by Gasteiger charge is -2.17. The monoisotopic (exact) mass is 190 g/mol. The van der Waals surface area contributed by atoms with Crippen molar-refractivity contribution in [3.05, 3.63) is 0 Å². The van der Waals surface area contributed by atoms with E-state index >= 15 is 0 Å². The van der Waals surface area contributed by atoms with Crippen molar-refractivity contribution >= 4 is 17.7 Å². The topological polar surface area (TPSA) is 23.6 Å². The number of carbonyl (C=O) groups excluding carboxylic acids is 1. The van der Waals surface area contributed by atoms with Gasteiger partial charge in [0.25, 0.3) is 0 Å². The Bertz CT molecular complexity index is 157. The van der Waals surface area contributed by atoms with Gasteiger partial charge in [0, 0.05) is 25.2 Å². The van der Waals surface area contributed by atoms with E-state index < -0.39 is 0 Å². The van der Waals surface area contributed by atoms with Gasteiger partial charge in [0.05, 0.1) is 6.54 Å². The van der Waals surface area contributed by atoms with Crippen LogP contribution in [0.25, 0.3) is 0 Å². The van der Waals surface area contributed by atoms with Crippen LogP contribution >= 0.6 is 11.8 Å². The quantitative estimate of drug-likeness (QED) is 0.622. The van der Waals surface area contributed by atoms with Crippen molar-refractivity contribution in [1.82, 2.24) is 9.32 Å². The number of hydrogen-bond donors (Lipinski definition) is 0. The Labute approximate surface area is 78.4 Å². The van der Waals surface area contributed by atoms with Gasteiger partial charge in [-0.25, -0.2) is 0 Å². The van der Waals surface area contributed by atoms with Crippen LogP contribution in [0.5, 0.6) is 0 Å². The van der Waals surface area contributed by atoms with Gasteiger partial charge in [-0.2, -0.15) is 0 Å². The minimum Gasteiger partial charge on any atom is -0.302 e. The molecule has 0 bridgehead atoms. The SMILES string of the molecule is CC(=O)N(Cl)CCN1CCCC1. The van der Waals surface area contributed by atoms with E-state index in [1.807, 2.05) is 0 Å². The molecule has 0 atom stereocenters. The summed E-state index contributed by atoms with van der Waals surface area (Å²) >= 11 is 5.65. The maximum atomic E-state index is 10.7. The molecular weight excluding hydrogens is 176 g/mol. The van der Waals surface area contributed by atoms with Crippen molar-refractivity contribution in [2.75, 3.05) is 26.2 Å². The standard InChI is InChI=1S/C8H15ClN2O/c1-8(12)11(9)7-6-10-4-2-3-5-10/h2-7H2,1H3. The molecule has 0 aromatic heterocycles. The number of nitrogens with zero attached hydrogens (tertiary/aromatic N) is 2. The molecule has 1 aliphatic rings. The predicted octanol–water partition coefficient (Wildman–Crippen LogP) is 1.08. The number of likely N-dealkylation sites (tertiary alicyclic amines) is 1. The van der Waals surface area contributed by atoms with Crippen LogP contribution < -0.4 is 0 Å². The third-order valence-corrected chi connectivity index (χ3v) is 2.56. The van der Waals surface area contributed by atoms with Crippen LogP contribution in [0.1, 0.15) is 19.8 Å². The molecule has 0 spiro atoms. The summed E-state index contributed by atoms with van der Waals surface area (Å²) < 4.78 is 1.25. The van der Waals surface area contributed by atoms with Crippen LogP contribution in [0, 0.1) is 0 Å². The lowest BCUT2D eigenvalue weighted by Crippen LogP contribution is -2.30. The summed E-state index contributed by atoms with van der Waals surface area (Å²) in [6.07, 6.45) is 2.56. The van der Waals surface area contributed by atoms with Crippen LogP contribution in [0.15, 0.2) is 0 Å². The Hall–Kier alpha value is -0.280. The highest BCUT2D eigenvalue weighted by atomic mass is 35.5. The van der Waals surface area contributed by atoms with E-state index in [1.54, 1.807) is 0 Å². The predicted molar refractivity (Wildman–Crippen MR) is 48.9 cm³/mol. The molecule has 0 radical (unpaired) electrons. The summed E-state index contributed by atoms with van der Waals surface area (Å²) in [7, 11) is 0. The first-order valence-electron chi connectivity index (χ1n) is 4.36. The zero-order valence-corrected chi connectivity index (χ0v) is 8.18. The highest BCUT2D eigenvalue weighted by Gasteiger charge is 2.12. The Morgan fingerprint density at radius 1 is 1.50 bits per heavy atom. The van der Waals surface area contributed by atoms with Crippen molar-refractivity contribution in [3.63, 3.8) is 0 Å². The second-order valence-corrected chi connectivity index (χ2v) is 3.56. The number of amides is 1. The van der Waals surface area contributed by atoms with Gasteiger partial charge in [-0.1, -0.05) is 0 Å². The number of carbonyl (C=O) groups is 1. The fourth-order valence-electron chi connectivity index (χ4n) is 1.39. The lowest BCUT2D eigenvalue weighted by atomic mass is 10.4. The molecule has 0 aliphatic carbocycles. The third-order valence-electron chi connectivity index (χ3n) is 2.15. The van der Waals surface area contributed by atoms with Gasteiger partial charge in [0.2, 0.25) is 5.91 Å². The van der Waals surface area contributed by atoms with Gasteiger partial charge in [-0.15, -0.1) is 0 Å². The maximum absolute atomic E-state index is 10.7. The molecule has 12 heavy (non-hydrogen) atoms. The molecule has 0 saturated carbocycles. The molecule has 1 saturated heterocycles. The molecule has 0 unspecified atom stereocenters. The molecule has 1 fully saturated rings. The van der Waals surface area contributed by atoms with Gasteiger partial charge in [-0.05, 0) is 25.9 Å². The number of halogens is 1. The van der Waals surface area contributed by atoms with Gasteiger partial charge < -0.3 is 4.90 Å². The fourth-order valence-corrected chi connectivity index (χ4v) is 1.47. The van der Waals surface area contributed by atoms with E-state index in [9.17, 15) is 4.79 Å². The Morgan fingerprint density at radius 3 is 2.58 bits per heavy atom. The average Bonchev–Trinajstić information content (AvgIpc) is 2.51. The van der Waals surface area contributed by atoms with Crippen molar-refractivity contribution in [1.29, 1.82) is 0 Å². The summed E-state index contributed by atoms with van der Waals surface area (Å²) in [5.74, 6) is -0.0733. The molecule has 1 amide bonds. The molecule has 0 aromatic rings. The lowest BCUT2D eigenvalue weighted by molar-refractivity contribution is -0.124. The normalized spacial score (nSPS) is 18.2. The first-order chi connectivity index (χ1) is 5.70. The van der Waals surface area contributed by atoms with Crippen LogP contribution in [0.4, 0.5) is 0 Å². The zero-order valence-electron chi connectivity index (χ0n) is 7.42. The van der Waals surface area contributed by atoms with E-state index in [2.05, 4.69) is 4.90 Å². The highest BCUT2D eigenvalue weighted by molar-refractivity contribution is 6.20. The summed E-state index contributed by atoms with van der Waals surface area (Å²) in [4.78, 5) is 13.1. The van der Waals surface area contributed by atoms with Gasteiger partial charge in [0.1, 0.15) is 0 Å². The van der Waals surface area contributed by atoms with Crippen molar-refractivity contribution in [2.24, 2.45) is 0 Å². The Balaban J connectivity index is 2.11.